The molecule has 15 heavy (non-hydrogen) atoms. The highest BCUT2D eigenvalue weighted by atomic mass is 16.5. The van der Waals surface area contributed by atoms with E-state index < -0.39 is 12.3 Å². The summed E-state index contributed by atoms with van der Waals surface area (Å²) in [6.07, 6.45) is -0.958. The van der Waals surface area contributed by atoms with Gasteiger partial charge in [-0.1, -0.05) is 0 Å². The van der Waals surface area contributed by atoms with Gasteiger partial charge < -0.3 is 15.2 Å². The first-order valence-electron chi connectivity index (χ1n) is 4.81. The van der Waals surface area contributed by atoms with Gasteiger partial charge in [-0.15, -0.1) is 0 Å². The number of ether oxygens (including phenoxy) is 1. The van der Waals surface area contributed by atoms with Crippen LogP contribution in [0.5, 0.6) is 0 Å². The van der Waals surface area contributed by atoms with Crippen molar-refractivity contribution in [2.75, 3.05) is 13.7 Å². The van der Waals surface area contributed by atoms with Gasteiger partial charge in [0.25, 0.3) is 0 Å². The largest absolute Gasteiger partial charge is 0.469 e. The van der Waals surface area contributed by atoms with Gasteiger partial charge in [-0.05, 0) is 6.42 Å². The zero-order chi connectivity index (χ0) is 11.4. The van der Waals surface area contributed by atoms with Crippen molar-refractivity contribution in [2.45, 2.75) is 25.6 Å². The van der Waals surface area contributed by atoms with Gasteiger partial charge in [0.1, 0.15) is 6.17 Å². The van der Waals surface area contributed by atoms with Gasteiger partial charge in [-0.25, -0.2) is 0 Å². The molecule has 1 amide bonds. The molecule has 0 saturated carbocycles. The average Bonchev–Trinajstić information content (AvgIpc) is 2.19. The first-order chi connectivity index (χ1) is 7.04. The summed E-state index contributed by atoms with van der Waals surface area (Å²) >= 11 is 0. The molecule has 0 aromatic rings. The van der Waals surface area contributed by atoms with Gasteiger partial charge in [0.2, 0.25) is 5.91 Å². The van der Waals surface area contributed by atoms with Crippen molar-refractivity contribution in [2.24, 2.45) is 5.92 Å². The van der Waals surface area contributed by atoms with Crippen molar-refractivity contribution >= 4 is 11.9 Å². The fourth-order valence-electron chi connectivity index (χ4n) is 1.63. The Morgan fingerprint density at radius 3 is 2.67 bits per heavy atom. The second-order valence-electron chi connectivity index (χ2n) is 3.61. The van der Waals surface area contributed by atoms with Crippen LogP contribution in [0.4, 0.5) is 0 Å². The third kappa shape index (κ3) is 3.17. The fraction of sp³-hybridized carbons (Fsp3) is 0.778. The van der Waals surface area contributed by atoms with E-state index in [0.717, 1.165) is 0 Å². The molecule has 6 heteroatoms. The Morgan fingerprint density at radius 2 is 2.20 bits per heavy atom. The standard InChI is InChI=1S/C9H16N2O4/c1-5(12)11-8-7(13)3-6(4-10-8)9(14)15-2/h6-8,10,13H,3-4H2,1-2H3,(H,11,12)/t6-,7+,8-/m1/s1. The Kier molecular flexibility index (Phi) is 4.05. The summed E-state index contributed by atoms with van der Waals surface area (Å²) in [4.78, 5) is 22.0. The van der Waals surface area contributed by atoms with E-state index in [1.165, 1.54) is 14.0 Å². The number of amides is 1. The summed E-state index contributed by atoms with van der Waals surface area (Å²) in [5, 5.41) is 15.1. The van der Waals surface area contributed by atoms with E-state index in [0.29, 0.717) is 13.0 Å². The van der Waals surface area contributed by atoms with Crippen molar-refractivity contribution in [3.63, 3.8) is 0 Å². The van der Waals surface area contributed by atoms with Gasteiger partial charge in [-0.2, -0.15) is 0 Å². The molecule has 3 atom stereocenters. The van der Waals surface area contributed by atoms with Gasteiger partial charge in [0.05, 0.1) is 19.1 Å². The van der Waals surface area contributed by atoms with Crippen molar-refractivity contribution in [3.05, 3.63) is 0 Å². The van der Waals surface area contributed by atoms with Crippen LogP contribution in [0.1, 0.15) is 13.3 Å². The summed E-state index contributed by atoms with van der Waals surface area (Å²) in [5.74, 6) is -0.916. The highest BCUT2D eigenvalue weighted by molar-refractivity contribution is 5.74. The van der Waals surface area contributed by atoms with Gasteiger partial charge in [-0.3, -0.25) is 14.9 Å². The molecule has 1 rings (SSSR count). The second-order valence-corrected chi connectivity index (χ2v) is 3.61. The van der Waals surface area contributed by atoms with E-state index in [-0.39, 0.29) is 17.8 Å². The molecular weight excluding hydrogens is 200 g/mol. The Bertz CT molecular complexity index is 256. The number of carbonyl (C=O) groups excluding carboxylic acids is 2. The van der Waals surface area contributed by atoms with Crippen molar-refractivity contribution in [3.8, 4) is 0 Å². The predicted octanol–water partition coefficient (Wildman–Crippen LogP) is -1.41. The minimum atomic E-state index is -0.772. The molecule has 0 unspecified atom stereocenters. The highest BCUT2D eigenvalue weighted by Gasteiger charge is 2.33. The summed E-state index contributed by atoms with van der Waals surface area (Å²) in [6.45, 7) is 1.77. The third-order valence-corrected chi connectivity index (χ3v) is 2.39. The van der Waals surface area contributed by atoms with Crippen molar-refractivity contribution in [1.82, 2.24) is 10.6 Å². The number of carbonyl (C=O) groups is 2. The van der Waals surface area contributed by atoms with E-state index in [4.69, 9.17) is 0 Å². The molecule has 0 spiro atoms. The number of aliphatic hydroxyl groups is 1. The summed E-state index contributed by atoms with van der Waals surface area (Å²) in [7, 11) is 1.31. The molecule has 1 heterocycles. The maximum Gasteiger partial charge on any atom is 0.310 e. The lowest BCUT2D eigenvalue weighted by Crippen LogP contribution is -2.58. The molecule has 3 N–H and O–H groups in total. The Balaban J connectivity index is 2.47. The molecule has 6 nitrogen and oxygen atoms in total. The van der Waals surface area contributed by atoms with Crippen LogP contribution in [0.3, 0.4) is 0 Å². The Labute approximate surface area is 88.0 Å². The maximum absolute atomic E-state index is 11.2. The number of piperidine rings is 1. The topological polar surface area (TPSA) is 87.7 Å². The number of hydrogen-bond acceptors (Lipinski definition) is 5. The lowest BCUT2D eigenvalue weighted by atomic mass is 9.95. The first-order valence-corrected chi connectivity index (χ1v) is 4.81. The zero-order valence-corrected chi connectivity index (χ0v) is 8.82. The summed E-state index contributed by atoms with van der Waals surface area (Å²) < 4.78 is 4.58. The van der Waals surface area contributed by atoms with Crippen LogP contribution in [-0.4, -0.2) is 42.9 Å². The van der Waals surface area contributed by atoms with Crippen LogP contribution >= 0.6 is 0 Å². The minimum absolute atomic E-state index is 0.219. The lowest BCUT2D eigenvalue weighted by molar-refractivity contribution is -0.148. The fourth-order valence-corrected chi connectivity index (χ4v) is 1.63. The van der Waals surface area contributed by atoms with E-state index in [2.05, 4.69) is 15.4 Å². The van der Waals surface area contributed by atoms with Crippen LogP contribution in [0.2, 0.25) is 0 Å². The Hall–Kier alpha value is -1.14. The van der Waals surface area contributed by atoms with Crippen molar-refractivity contribution in [1.29, 1.82) is 0 Å². The van der Waals surface area contributed by atoms with Gasteiger partial charge in [0, 0.05) is 13.5 Å². The molecule has 0 radical (unpaired) electrons. The molecule has 0 bridgehead atoms. The predicted molar refractivity (Wildman–Crippen MR) is 51.7 cm³/mol. The quantitative estimate of drug-likeness (QED) is 0.494. The number of methoxy groups -OCH3 is 1. The molecule has 1 saturated heterocycles. The molecule has 0 aliphatic carbocycles. The first kappa shape index (κ1) is 11.9. The number of hydrogen-bond donors (Lipinski definition) is 3. The van der Waals surface area contributed by atoms with Crippen LogP contribution in [-0.2, 0) is 14.3 Å². The van der Waals surface area contributed by atoms with Crippen LogP contribution in [0, 0.1) is 5.92 Å². The van der Waals surface area contributed by atoms with Crippen LogP contribution in [0.15, 0.2) is 0 Å². The molecule has 0 aromatic carbocycles. The van der Waals surface area contributed by atoms with Gasteiger partial charge in [0.15, 0.2) is 0 Å². The zero-order valence-electron chi connectivity index (χ0n) is 8.82. The number of esters is 1. The third-order valence-electron chi connectivity index (χ3n) is 2.39. The maximum atomic E-state index is 11.2. The van der Waals surface area contributed by atoms with E-state index in [9.17, 15) is 14.7 Å². The van der Waals surface area contributed by atoms with E-state index >= 15 is 0 Å². The van der Waals surface area contributed by atoms with Gasteiger partial charge >= 0.3 is 5.97 Å². The second kappa shape index (κ2) is 5.09. The van der Waals surface area contributed by atoms with Crippen molar-refractivity contribution < 1.29 is 19.4 Å². The van der Waals surface area contributed by atoms with E-state index in [1.807, 2.05) is 0 Å². The normalized spacial score (nSPS) is 30.7. The molecule has 1 fully saturated rings. The molecule has 1 aliphatic heterocycles. The van der Waals surface area contributed by atoms with Crippen LogP contribution < -0.4 is 10.6 Å². The average molecular weight is 216 g/mol. The summed E-state index contributed by atoms with van der Waals surface area (Å²) in [6, 6.07) is 0. The molecule has 1 aliphatic rings. The monoisotopic (exact) mass is 216 g/mol. The molecule has 86 valence electrons. The number of rotatable bonds is 2. The highest BCUT2D eigenvalue weighted by Crippen LogP contribution is 2.15. The number of nitrogens with one attached hydrogen (secondary N) is 2. The SMILES string of the molecule is COC(=O)[C@H]1CN[C@H](NC(C)=O)[C@@H](O)C1. The summed E-state index contributed by atoms with van der Waals surface area (Å²) in [5.41, 5.74) is 0. The lowest BCUT2D eigenvalue weighted by Gasteiger charge is -2.33. The number of aliphatic hydroxyl groups excluding tert-OH is 1. The van der Waals surface area contributed by atoms with E-state index in [1.54, 1.807) is 0 Å². The Morgan fingerprint density at radius 1 is 1.53 bits per heavy atom. The smallest absolute Gasteiger partial charge is 0.310 e. The molecular formula is C9H16N2O4. The van der Waals surface area contributed by atoms with Crippen LogP contribution in [0.25, 0.3) is 0 Å². The molecule has 0 aromatic heterocycles. The minimum Gasteiger partial charge on any atom is -0.469 e.